The van der Waals surface area contributed by atoms with Crippen LogP contribution in [0.25, 0.3) is 5.76 Å². The van der Waals surface area contributed by atoms with Gasteiger partial charge in [-0.3, -0.25) is 4.79 Å². The Labute approximate surface area is 122 Å². The Kier molecular flexibility index (Phi) is 8.44. The fourth-order valence-electron chi connectivity index (χ4n) is 2.17. The van der Waals surface area contributed by atoms with Gasteiger partial charge in [0.05, 0.1) is 0 Å². The lowest BCUT2D eigenvalue weighted by molar-refractivity contribution is -0.114. The number of ketones is 1. The number of allylic oxidation sites excluding steroid dienone is 1. The van der Waals surface area contributed by atoms with Crippen LogP contribution in [-0.4, -0.2) is 10.9 Å². The standard InChI is InChI=1S/C18H26O2/c1-2-3-4-5-6-7-11-14-17(19)15-18(20)16-12-9-8-10-13-16/h8-10,12-13,15,20H,2-7,11,14H2,1H3/b18-15-. The molecule has 110 valence electrons. The fourth-order valence-corrected chi connectivity index (χ4v) is 2.17. The van der Waals surface area contributed by atoms with Crippen molar-refractivity contribution in [2.45, 2.75) is 58.3 Å². The molecule has 0 heterocycles. The third-order valence-electron chi connectivity index (χ3n) is 3.39. The smallest absolute Gasteiger partial charge is 0.159 e. The van der Waals surface area contributed by atoms with Gasteiger partial charge in [-0.2, -0.15) is 0 Å². The average molecular weight is 274 g/mol. The van der Waals surface area contributed by atoms with Gasteiger partial charge in [-0.15, -0.1) is 0 Å². The van der Waals surface area contributed by atoms with E-state index in [2.05, 4.69) is 6.92 Å². The molecule has 1 aromatic rings. The van der Waals surface area contributed by atoms with Crippen molar-refractivity contribution in [2.24, 2.45) is 0 Å². The lowest BCUT2D eigenvalue weighted by Crippen LogP contribution is -1.95. The van der Waals surface area contributed by atoms with Crippen LogP contribution in [0.1, 0.15) is 63.9 Å². The van der Waals surface area contributed by atoms with Crippen molar-refractivity contribution in [1.29, 1.82) is 0 Å². The number of aliphatic hydroxyl groups is 1. The summed E-state index contributed by atoms with van der Waals surface area (Å²) in [4.78, 5) is 11.7. The first-order valence-corrected chi connectivity index (χ1v) is 7.73. The van der Waals surface area contributed by atoms with Gasteiger partial charge in [0.25, 0.3) is 0 Å². The third kappa shape index (κ3) is 7.13. The number of rotatable bonds is 10. The van der Waals surface area contributed by atoms with Crippen LogP contribution < -0.4 is 0 Å². The molecular weight excluding hydrogens is 248 g/mol. The summed E-state index contributed by atoms with van der Waals surface area (Å²) in [6.45, 7) is 2.21. The van der Waals surface area contributed by atoms with Crippen molar-refractivity contribution in [2.75, 3.05) is 0 Å². The summed E-state index contributed by atoms with van der Waals surface area (Å²) in [6.07, 6.45) is 10.3. The molecule has 0 saturated heterocycles. The molecule has 0 aliphatic heterocycles. The number of benzene rings is 1. The Balaban J connectivity index is 2.20. The molecule has 1 N–H and O–H groups in total. The van der Waals surface area contributed by atoms with Gasteiger partial charge in [-0.05, 0) is 6.42 Å². The van der Waals surface area contributed by atoms with Crippen molar-refractivity contribution in [3.05, 3.63) is 42.0 Å². The molecule has 0 saturated carbocycles. The van der Waals surface area contributed by atoms with Gasteiger partial charge >= 0.3 is 0 Å². The first-order chi connectivity index (χ1) is 9.74. The van der Waals surface area contributed by atoms with Crippen LogP contribution in [-0.2, 0) is 4.79 Å². The van der Waals surface area contributed by atoms with E-state index >= 15 is 0 Å². The van der Waals surface area contributed by atoms with E-state index in [0.717, 1.165) is 12.8 Å². The van der Waals surface area contributed by atoms with Gasteiger partial charge in [0.2, 0.25) is 0 Å². The van der Waals surface area contributed by atoms with Crippen LogP contribution in [0.2, 0.25) is 0 Å². The highest BCUT2D eigenvalue weighted by atomic mass is 16.3. The predicted molar refractivity (Wildman–Crippen MR) is 84.7 cm³/mol. The van der Waals surface area contributed by atoms with Crippen molar-refractivity contribution >= 4 is 11.5 Å². The zero-order chi connectivity index (χ0) is 14.6. The number of aliphatic hydroxyl groups excluding tert-OH is 1. The molecule has 0 fully saturated rings. The van der Waals surface area contributed by atoms with Crippen LogP contribution >= 0.6 is 0 Å². The zero-order valence-electron chi connectivity index (χ0n) is 12.5. The SMILES string of the molecule is CCCCCCCCCC(=O)/C=C(\O)c1ccccc1. The lowest BCUT2D eigenvalue weighted by Gasteiger charge is -2.01. The van der Waals surface area contributed by atoms with Gasteiger partial charge in [-0.1, -0.05) is 75.8 Å². The van der Waals surface area contributed by atoms with E-state index in [1.54, 1.807) is 12.1 Å². The number of unbranched alkanes of at least 4 members (excludes halogenated alkanes) is 6. The molecular formula is C18H26O2. The van der Waals surface area contributed by atoms with Gasteiger partial charge in [-0.25, -0.2) is 0 Å². The minimum Gasteiger partial charge on any atom is -0.507 e. The molecule has 0 aliphatic carbocycles. The molecule has 20 heavy (non-hydrogen) atoms. The maximum Gasteiger partial charge on any atom is 0.159 e. The van der Waals surface area contributed by atoms with Crippen molar-refractivity contribution in [3.8, 4) is 0 Å². The highest BCUT2D eigenvalue weighted by Crippen LogP contribution is 2.12. The first kappa shape index (κ1) is 16.5. The molecule has 0 aliphatic rings. The molecule has 0 amide bonds. The minimum absolute atomic E-state index is 0.0138. The fraction of sp³-hybridized carbons (Fsp3) is 0.500. The van der Waals surface area contributed by atoms with Crippen molar-refractivity contribution < 1.29 is 9.90 Å². The largest absolute Gasteiger partial charge is 0.507 e. The van der Waals surface area contributed by atoms with E-state index in [-0.39, 0.29) is 11.5 Å². The zero-order valence-corrected chi connectivity index (χ0v) is 12.5. The van der Waals surface area contributed by atoms with Crippen LogP contribution in [0.15, 0.2) is 36.4 Å². The number of hydrogen-bond donors (Lipinski definition) is 1. The Hall–Kier alpha value is -1.57. The molecule has 0 radical (unpaired) electrons. The van der Waals surface area contributed by atoms with Gasteiger partial charge in [0, 0.05) is 18.1 Å². The number of hydrogen-bond acceptors (Lipinski definition) is 2. The van der Waals surface area contributed by atoms with E-state index in [0.29, 0.717) is 12.0 Å². The molecule has 0 atom stereocenters. The Morgan fingerprint density at radius 3 is 2.25 bits per heavy atom. The topological polar surface area (TPSA) is 37.3 Å². The Morgan fingerprint density at radius 2 is 1.60 bits per heavy atom. The average Bonchev–Trinajstić information content (AvgIpc) is 2.47. The summed E-state index contributed by atoms with van der Waals surface area (Å²) >= 11 is 0. The number of carbonyl (C=O) groups excluding carboxylic acids is 1. The maximum atomic E-state index is 11.7. The van der Waals surface area contributed by atoms with E-state index in [1.165, 1.54) is 38.2 Å². The molecule has 0 aromatic heterocycles. The quantitative estimate of drug-likeness (QED) is 0.357. The second-order valence-corrected chi connectivity index (χ2v) is 5.23. The highest BCUT2D eigenvalue weighted by Gasteiger charge is 2.03. The summed E-state index contributed by atoms with van der Waals surface area (Å²) in [6, 6.07) is 9.18. The van der Waals surface area contributed by atoms with Crippen LogP contribution in [0.4, 0.5) is 0 Å². The van der Waals surface area contributed by atoms with Gasteiger partial charge in [0.15, 0.2) is 5.78 Å². The molecule has 2 nitrogen and oxygen atoms in total. The molecule has 1 aromatic carbocycles. The normalized spacial score (nSPS) is 11.6. The summed E-state index contributed by atoms with van der Waals surface area (Å²) in [7, 11) is 0. The monoisotopic (exact) mass is 274 g/mol. The van der Waals surface area contributed by atoms with E-state index < -0.39 is 0 Å². The summed E-state index contributed by atoms with van der Waals surface area (Å²) < 4.78 is 0. The first-order valence-electron chi connectivity index (χ1n) is 7.73. The lowest BCUT2D eigenvalue weighted by atomic mass is 10.1. The van der Waals surface area contributed by atoms with E-state index in [9.17, 15) is 9.90 Å². The van der Waals surface area contributed by atoms with Gasteiger partial charge in [0.1, 0.15) is 5.76 Å². The minimum atomic E-state index is 0.0138. The molecule has 2 heteroatoms. The molecule has 0 bridgehead atoms. The number of carbonyl (C=O) groups is 1. The molecule has 0 spiro atoms. The summed E-state index contributed by atoms with van der Waals surface area (Å²) in [5, 5.41) is 9.83. The van der Waals surface area contributed by atoms with Gasteiger partial charge < -0.3 is 5.11 Å². The third-order valence-corrected chi connectivity index (χ3v) is 3.39. The Bertz CT molecular complexity index is 407. The van der Waals surface area contributed by atoms with Crippen LogP contribution in [0.5, 0.6) is 0 Å². The second-order valence-electron chi connectivity index (χ2n) is 5.23. The maximum absolute atomic E-state index is 11.7. The van der Waals surface area contributed by atoms with E-state index in [4.69, 9.17) is 0 Å². The summed E-state index contributed by atoms with van der Waals surface area (Å²) in [5.74, 6) is 0.0819. The van der Waals surface area contributed by atoms with Crippen LogP contribution in [0.3, 0.4) is 0 Å². The molecule has 1 rings (SSSR count). The predicted octanol–water partition coefficient (Wildman–Crippen LogP) is 5.30. The Morgan fingerprint density at radius 1 is 1.00 bits per heavy atom. The summed E-state index contributed by atoms with van der Waals surface area (Å²) in [5.41, 5.74) is 0.695. The van der Waals surface area contributed by atoms with Crippen molar-refractivity contribution in [3.63, 3.8) is 0 Å². The highest BCUT2D eigenvalue weighted by molar-refractivity contribution is 5.95. The van der Waals surface area contributed by atoms with Crippen LogP contribution in [0, 0.1) is 0 Å². The second kappa shape index (κ2) is 10.2. The molecule has 0 unspecified atom stereocenters. The van der Waals surface area contributed by atoms with E-state index in [1.807, 2.05) is 18.2 Å². The van der Waals surface area contributed by atoms with Crippen molar-refractivity contribution in [1.82, 2.24) is 0 Å².